The van der Waals surface area contributed by atoms with Crippen LogP contribution in [0.1, 0.15) is 23.2 Å². The molecule has 0 fully saturated rings. The molecule has 0 bridgehead atoms. The molecule has 2 aromatic rings. The van der Waals surface area contributed by atoms with Crippen molar-refractivity contribution >= 4 is 22.7 Å². The average Bonchev–Trinajstić information content (AvgIpc) is 2.87. The van der Waals surface area contributed by atoms with Gasteiger partial charge in [-0.15, -0.1) is 22.7 Å². The minimum Gasteiger partial charge on any atom is -0.327 e. The molecule has 0 radical (unpaired) electrons. The molecule has 2 heterocycles. The van der Waals surface area contributed by atoms with Crippen LogP contribution in [0, 0.1) is 6.92 Å². The van der Waals surface area contributed by atoms with Crippen LogP contribution in [0.15, 0.2) is 17.5 Å². The van der Waals surface area contributed by atoms with Gasteiger partial charge in [-0.25, -0.2) is 4.98 Å². The summed E-state index contributed by atoms with van der Waals surface area (Å²) in [4.78, 5) is 7.24. The Hall–Kier alpha value is -0.710. The topological polar surface area (TPSA) is 38.9 Å². The lowest BCUT2D eigenvalue weighted by atomic mass is 10.2. The Morgan fingerprint density at radius 3 is 2.94 bits per heavy atom. The summed E-state index contributed by atoms with van der Waals surface area (Å²) in [5, 5.41) is 3.25. The zero-order valence-electron chi connectivity index (χ0n) is 9.56. The summed E-state index contributed by atoms with van der Waals surface area (Å²) in [6.45, 7) is 4.25. The van der Waals surface area contributed by atoms with E-state index in [1.54, 1.807) is 22.7 Å². The Morgan fingerprint density at radius 2 is 2.31 bits per heavy atom. The molecule has 2 N–H and O–H groups in total. The van der Waals surface area contributed by atoms with Crippen molar-refractivity contribution in [2.45, 2.75) is 32.7 Å². The molecule has 0 aromatic carbocycles. The number of aryl methyl sites for hydroxylation is 1. The van der Waals surface area contributed by atoms with Gasteiger partial charge in [-0.3, -0.25) is 0 Å². The summed E-state index contributed by atoms with van der Waals surface area (Å²) in [7, 11) is 0. The first kappa shape index (κ1) is 11.8. The lowest BCUT2D eigenvalue weighted by molar-refractivity contribution is 0.644. The van der Waals surface area contributed by atoms with E-state index in [9.17, 15) is 0 Å². The Morgan fingerprint density at radius 1 is 1.50 bits per heavy atom. The van der Waals surface area contributed by atoms with Gasteiger partial charge < -0.3 is 5.73 Å². The predicted octanol–water partition coefficient (Wildman–Crippen LogP) is 3.46. The summed E-state index contributed by atoms with van der Waals surface area (Å²) in [6, 6.07) is 4.42. The van der Waals surface area contributed by atoms with Crippen LogP contribution in [0.3, 0.4) is 0 Å². The van der Waals surface area contributed by atoms with Crippen LogP contribution < -0.4 is 5.73 Å². The standard InChI is InChI=1S/C12H16N2S2/c1-3-9(13)7-11-14-12(8(2)16-11)10-5-4-6-15-10/h4-6,9H,3,7,13H2,1-2H3. The van der Waals surface area contributed by atoms with Gasteiger partial charge in [0.2, 0.25) is 0 Å². The van der Waals surface area contributed by atoms with Crippen LogP contribution >= 0.6 is 22.7 Å². The zero-order valence-corrected chi connectivity index (χ0v) is 11.2. The Labute approximate surface area is 104 Å². The van der Waals surface area contributed by atoms with Gasteiger partial charge in [0, 0.05) is 17.3 Å². The van der Waals surface area contributed by atoms with E-state index in [0.29, 0.717) is 0 Å². The molecule has 0 aliphatic carbocycles. The molecule has 2 rings (SSSR count). The van der Waals surface area contributed by atoms with Gasteiger partial charge in [-0.1, -0.05) is 13.0 Å². The van der Waals surface area contributed by atoms with Crippen molar-refractivity contribution in [2.75, 3.05) is 0 Å². The Bertz CT molecular complexity index is 446. The number of nitrogens with two attached hydrogens (primary N) is 1. The molecular weight excluding hydrogens is 236 g/mol. The quantitative estimate of drug-likeness (QED) is 0.905. The van der Waals surface area contributed by atoms with Gasteiger partial charge in [-0.05, 0) is 24.8 Å². The maximum atomic E-state index is 5.95. The molecule has 0 spiro atoms. The van der Waals surface area contributed by atoms with Crippen LogP contribution in [0.5, 0.6) is 0 Å². The number of hydrogen-bond acceptors (Lipinski definition) is 4. The Balaban J connectivity index is 2.22. The lowest BCUT2D eigenvalue weighted by Crippen LogP contribution is -2.21. The van der Waals surface area contributed by atoms with E-state index in [1.807, 2.05) is 0 Å². The highest BCUT2D eigenvalue weighted by Crippen LogP contribution is 2.31. The van der Waals surface area contributed by atoms with Gasteiger partial charge in [0.05, 0.1) is 15.6 Å². The molecule has 0 saturated carbocycles. The number of aromatic nitrogens is 1. The number of hydrogen-bond donors (Lipinski definition) is 1. The molecule has 0 saturated heterocycles. The fourth-order valence-electron chi connectivity index (χ4n) is 1.55. The van der Waals surface area contributed by atoms with Crippen LogP contribution in [0.2, 0.25) is 0 Å². The highest BCUT2D eigenvalue weighted by Gasteiger charge is 2.12. The number of rotatable bonds is 4. The van der Waals surface area contributed by atoms with Crippen molar-refractivity contribution in [3.8, 4) is 10.6 Å². The van der Waals surface area contributed by atoms with Crippen molar-refractivity contribution in [1.29, 1.82) is 0 Å². The van der Waals surface area contributed by atoms with Crippen LogP contribution in [0.4, 0.5) is 0 Å². The summed E-state index contributed by atoms with van der Waals surface area (Å²) in [6.07, 6.45) is 1.90. The minimum atomic E-state index is 0.238. The molecule has 86 valence electrons. The lowest BCUT2D eigenvalue weighted by Gasteiger charge is -2.04. The summed E-state index contributed by atoms with van der Waals surface area (Å²) >= 11 is 3.51. The second-order valence-electron chi connectivity index (χ2n) is 3.86. The first-order valence-electron chi connectivity index (χ1n) is 5.46. The molecule has 4 heteroatoms. The minimum absolute atomic E-state index is 0.238. The maximum absolute atomic E-state index is 5.95. The van der Waals surface area contributed by atoms with E-state index < -0.39 is 0 Å². The molecule has 0 aliphatic heterocycles. The number of thiophene rings is 1. The molecule has 1 atom stereocenters. The van der Waals surface area contributed by atoms with E-state index in [1.165, 1.54) is 9.75 Å². The molecule has 2 aromatic heterocycles. The summed E-state index contributed by atoms with van der Waals surface area (Å²) < 4.78 is 0. The van der Waals surface area contributed by atoms with Gasteiger partial charge in [0.25, 0.3) is 0 Å². The van der Waals surface area contributed by atoms with Crippen LogP contribution in [-0.4, -0.2) is 11.0 Å². The molecule has 0 amide bonds. The highest BCUT2D eigenvalue weighted by atomic mass is 32.1. The first-order chi connectivity index (χ1) is 7.70. The van der Waals surface area contributed by atoms with Gasteiger partial charge in [-0.2, -0.15) is 0 Å². The third-order valence-corrected chi connectivity index (χ3v) is 4.43. The SMILES string of the molecule is CCC(N)Cc1nc(-c2cccs2)c(C)s1. The third-order valence-electron chi connectivity index (χ3n) is 2.56. The van der Waals surface area contributed by atoms with Crippen molar-refractivity contribution < 1.29 is 0 Å². The predicted molar refractivity (Wildman–Crippen MR) is 72.1 cm³/mol. The van der Waals surface area contributed by atoms with Crippen molar-refractivity contribution in [2.24, 2.45) is 5.73 Å². The van der Waals surface area contributed by atoms with E-state index in [2.05, 4.69) is 36.3 Å². The van der Waals surface area contributed by atoms with Crippen molar-refractivity contribution in [3.63, 3.8) is 0 Å². The first-order valence-corrected chi connectivity index (χ1v) is 7.16. The Kier molecular flexibility index (Phi) is 3.74. The highest BCUT2D eigenvalue weighted by molar-refractivity contribution is 7.15. The maximum Gasteiger partial charge on any atom is 0.0951 e. The van der Waals surface area contributed by atoms with E-state index in [0.717, 1.165) is 23.5 Å². The summed E-state index contributed by atoms with van der Waals surface area (Å²) in [5.41, 5.74) is 7.09. The monoisotopic (exact) mass is 252 g/mol. The molecule has 0 aliphatic rings. The van der Waals surface area contributed by atoms with Gasteiger partial charge >= 0.3 is 0 Å². The third kappa shape index (κ3) is 2.51. The van der Waals surface area contributed by atoms with Crippen molar-refractivity contribution in [3.05, 3.63) is 27.4 Å². The molecule has 16 heavy (non-hydrogen) atoms. The van der Waals surface area contributed by atoms with Crippen molar-refractivity contribution in [1.82, 2.24) is 4.98 Å². The number of thiazole rings is 1. The van der Waals surface area contributed by atoms with Gasteiger partial charge in [0.15, 0.2) is 0 Å². The molecular formula is C12H16N2S2. The number of nitrogens with zero attached hydrogens (tertiary/aromatic N) is 1. The van der Waals surface area contributed by atoms with E-state index in [-0.39, 0.29) is 6.04 Å². The fourth-order valence-corrected chi connectivity index (χ4v) is 3.43. The van der Waals surface area contributed by atoms with Crippen LogP contribution in [0.25, 0.3) is 10.6 Å². The second kappa shape index (κ2) is 5.08. The zero-order chi connectivity index (χ0) is 11.5. The fraction of sp³-hybridized carbons (Fsp3) is 0.417. The molecule has 2 nitrogen and oxygen atoms in total. The van der Waals surface area contributed by atoms with E-state index >= 15 is 0 Å². The largest absolute Gasteiger partial charge is 0.327 e. The normalized spacial score (nSPS) is 12.9. The molecule has 1 unspecified atom stereocenters. The van der Waals surface area contributed by atoms with Crippen LogP contribution in [-0.2, 0) is 6.42 Å². The average molecular weight is 252 g/mol. The smallest absolute Gasteiger partial charge is 0.0951 e. The second-order valence-corrected chi connectivity index (χ2v) is 6.10. The van der Waals surface area contributed by atoms with Gasteiger partial charge in [0.1, 0.15) is 0 Å². The van der Waals surface area contributed by atoms with E-state index in [4.69, 9.17) is 5.73 Å². The summed E-state index contributed by atoms with van der Waals surface area (Å²) in [5.74, 6) is 0.